The molecule has 35 heavy (non-hydrogen) atoms. The molecule has 8 heteroatoms. The number of nitrogens with one attached hydrogen (secondary N) is 2. The van der Waals surface area contributed by atoms with Crippen LogP contribution in [0.3, 0.4) is 0 Å². The molecule has 0 radical (unpaired) electrons. The highest BCUT2D eigenvalue weighted by molar-refractivity contribution is 7.80. The van der Waals surface area contributed by atoms with E-state index >= 15 is 0 Å². The lowest BCUT2D eigenvalue weighted by atomic mass is 10.00. The topological polar surface area (TPSA) is 59.6 Å². The van der Waals surface area contributed by atoms with Gasteiger partial charge in [-0.3, -0.25) is 0 Å². The third-order valence-corrected chi connectivity index (χ3v) is 7.24. The van der Waals surface area contributed by atoms with E-state index in [0.717, 1.165) is 57.3 Å². The van der Waals surface area contributed by atoms with Gasteiger partial charge in [-0.25, -0.2) is 0 Å². The number of nitrogens with zero attached hydrogens (tertiary/aromatic N) is 5. The van der Waals surface area contributed by atoms with Crippen molar-refractivity contribution in [3.05, 3.63) is 71.8 Å². The van der Waals surface area contributed by atoms with Gasteiger partial charge in [-0.1, -0.05) is 42.5 Å². The quantitative estimate of drug-likeness (QED) is 0.529. The number of hydrogen-bond donors (Lipinski definition) is 2. The van der Waals surface area contributed by atoms with Crippen LogP contribution in [0.25, 0.3) is 0 Å². The molecule has 2 fully saturated rings. The average Bonchev–Trinajstić information content (AvgIpc) is 3.72. The largest absolute Gasteiger partial charge is 0.368 e. The van der Waals surface area contributed by atoms with E-state index in [4.69, 9.17) is 22.2 Å². The minimum atomic E-state index is 0.488. The van der Waals surface area contributed by atoms with Gasteiger partial charge in [0.2, 0.25) is 5.95 Å². The molecule has 0 atom stereocenters. The molecular formula is C27H31N7S. The molecule has 3 heterocycles. The first-order valence-electron chi connectivity index (χ1n) is 12.5. The van der Waals surface area contributed by atoms with Gasteiger partial charge >= 0.3 is 0 Å². The standard InChI is InChI=1S/C27H31N7S/c35-27(28-22-10-11-22)31-26-29-24(33-16-14-32(15-17-33)23-8-2-1-3-9-23)18-25(30-26)34-13-12-20-6-4-5-7-21(20)19-34/h1-9,18,22H,10-17,19H2,(H2,28,29,30,31,35). The Morgan fingerprint density at radius 3 is 2.17 bits per heavy atom. The van der Waals surface area contributed by atoms with Crippen LogP contribution in [0.15, 0.2) is 60.7 Å². The molecular weight excluding hydrogens is 454 g/mol. The van der Waals surface area contributed by atoms with E-state index in [9.17, 15) is 0 Å². The zero-order valence-corrected chi connectivity index (χ0v) is 20.7. The Morgan fingerprint density at radius 2 is 1.43 bits per heavy atom. The van der Waals surface area contributed by atoms with E-state index in [1.165, 1.54) is 29.7 Å². The molecule has 3 aromatic rings. The van der Waals surface area contributed by atoms with Crippen LogP contribution in [0.1, 0.15) is 24.0 Å². The molecule has 1 aromatic heterocycles. The second-order valence-corrected chi connectivity index (χ2v) is 9.94. The predicted octanol–water partition coefficient (Wildman–Crippen LogP) is 3.81. The highest BCUT2D eigenvalue weighted by Crippen LogP contribution is 2.28. The number of thiocarbonyl (C=S) groups is 1. The van der Waals surface area contributed by atoms with Crippen molar-refractivity contribution in [1.29, 1.82) is 0 Å². The van der Waals surface area contributed by atoms with E-state index < -0.39 is 0 Å². The van der Waals surface area contributed by atoms with Crippen LogP contribution in [0, 0.1) is 0 Å². The molecule has 2 N–H and O–H groups in total. The van der Waals surface area contributed by atoms with Gasteiger partial charge in [-0.05, 0) is 54.7 Å². The fourth-order valence-electron chi connectivity index (χ4n) is 4.88. The van der Waals surface area contributed by atoms with E-state index in [-0.39, 0.29) is 0 Å². The van der Waals surface area contributed by atoms with Gasteiger partial charge in [0.05, 0.1) is 0 Å². The number of fused-ring (bicyclic) bond motifs is 1. The summed E-state index contributed by atoms with van der Waals surface area (Å²) < 4.78 is 0. The van der Waals surface area contributed by atoms with E-state index in [1.807, 2.05) is 0 Å². The first kappa shape index (κ1) is 22.1. The molecule has 6 rings (SSSR count). The molecule has 1 aliphatic carbocycles. The van der Waals surface area contributed by atoms with Gasteiger partial charge in [-0.2, -0.15) is 9.97 Å². The van der Waals surface area contributed by atoms with Crippen molar-refractivity contribution in [3.63, 3.8) is 0 Å². The number of benzene rings is 2. The average molecular weight is 486 g/mol. The zero-order chi connectivity index (χ0) is 23.6. The van der Waals surface area contributed by atoms with Gasteiger partial charge in [-0.15, -0.1) is 0 Å². The molecule has 180 valence electrons. The lowest BCUT2D eigenvalue weighted by molar-refractivity contribution is 0.646. The monoisotopic (exact) mass is 485 g/mol. The third kappa shape index (κ3) is 5.17. The lowest BCUT2D eigenvalue weighted by Crippen LogP contribution is -2.47. The maximum absolute atomic E-state index is 5.54. The maximum atomic E-state index is 5.54. The van der Waals surface area contributed by atoms with Crippen LogP contribution in [-0.2, 0) is 13.0 Å². The summed E-state index contributed by atoms with van der Waals surface area (Å²) in [5.41, 5.74) is 4.08. The van der Waals surface area contributed by atoms with E-state index in [1.54, 1.807) is 0 Å². The summed E-state index contributed by atoms with van der Waals surface area (Å²) in [6, 6.07) is 22.0. The summed E-state index contributed by atoms with van der Waals surface area (Å²) in [6.45, 7) is 5.56. The van der Waals surface area contributed by atoms with Crippen molar-refractivity contribution < 1.29 is 0 Å². The van der Waals surface area contributed by atoms with Gasteiger partial charge in [0.15, 0.2) is 5.11 Å². The van der Waals surface area contributed by atoms with Crippen LogP contribution < -0.4 is 25.3 Å². The predicted molar refractivity (Wildman–Crippen MR) is 146 cm³/mol. The Morgan fingerprint density at radius 1 is 0.771 bits per heavy atom. The molecule has 0 bridgehead atoms. The Labute approximate surface area is 212 Å². The van der Waals surface area contributed by atoms with Crippen LogP contribution in [0.2, 0.25) is 0 Å². The summed E-state index contributed by atoms with van der Waals surface area (Å²) in [5, 5.41) is 7.21. The molecule has 7 nitrogen and oxygen atoms in total. The van der Waals surface area contributed by atoms with Crippen molar-refractivity contribution in [2.45, 2.75) is 31.8 Å². The Bertz CT molecular complexity index is 1190. The second-order valence-electron chi connectivity index (χ2n) is 9.53. The molecule has 3 aliphatic rings. The SMILES string of the molecule is S=C(Nc1nc(N2CCN(c3ccccc3)CC2)cc(N2CCc3ccccc3C2)n1)NC1CC1. The van der Waals surface area contributed by atoms with Crippen molar-refractivity contribution >= 4 is 40.6 Å². The Balaban J connectivity index is 1.23. The third-order valence-electron chi connectivity index (χ3n) is 7.02. The summed E-state index contributed by atoms with van der Waals surface area (Å²) >= 11 is 5.54. The summed E-state index contributed by atoms with van der Waals surface area (Å²) in [5.74, 6) is 2.48. The second kappa shape index (κ2) is 9.70. The van der Waals surface area contributed by atoms with Crippen LogP contribution in [0.4, 0.5) is 23.3 Å². The number of aromatic nitrogens is 2. The van der Waals surface area contributed by atoms with Crippen molar-refractivity contribution in [3.8, 4) is 0 Å². The summed E-state index contributed by atoms with van der Waals surface area (Å²) in [6.07, 6.45) is 3.37. The summed E-state index contributed by atoms with van der Waals surface area (Å²) in [7, 11) is 0. The number of anilines is 4. The minimum Gasteiger partial charge on any atom is -0.368 e. The van der Waals surface area contributed by atoms with Crippen molar-refractivity contribution in [2.75, 3.05) is 52.7 Å². The smallest absolute Gasteiger partial charge is 0.232 e. The van der Waals surface area contributed by atoms with Crippen LogP contribution >= 0.6 is 12.2 Å². The first-order chi connectivity index (χ1) is 17.2. The molecule has 0 spiro atoms. The molecule has 2 aromatic carbocycles. The van der Waals surface area contributed by atoms with E-state index in [0.29, 0.717) is 17.1 Å². The minimum absolute atomic E-state index is 0.488. The highest BCUT2D eigenvalue weighted by Gasteiger charge is 2.25. The lowest BCUT2D eigenvalue weighted by Gasteiger charge is -2.37. The fourth-order valence-corrected chi connectivity index (χ4v) is 5.13. The van der Waals surface area contributed by atoms with Gasteiger partial charge in [0.25, 0.3) is 0 Å². The van der Waals surface area contributed by atoms with Gasteiger partial charge < -0.3 is 25.3 Å². The fraction of sp³-hybridized carbons (Fsp3) is 0.370. The van der Waals surface area contributed by atoms with Crippen LogP contribution in [-0.4, -0.2) is 53.8 Å². The highest BCUT2D eigenvalue weighted by atomic mass is 32.1. The summed E-state index contributed by atoms with van der Waals surface area (Å²) in [4.78, 5) is 16.9. The maximum Gasteiger partial charge on any atom is 0.232 e. The molecule has 0 amide bonds. The van der Waals surface area contributed by atoms with Crippen LogP contribution in [0.5, 0.6) is 0 Å². The van der Waals surface area contributed by atoms with Gasteiger partial charge in [0, 0.05) is 57.1 Å². The first-order valence-corrected chi connectivity index (χ1v) is 13.0. The Hall–Kier alpha value is -3.39. The van der Waals surface area contributed by atoms with Crippen molar-refractivity contribution in [2.24, 2.45) is 0 Å². The van der Waals surface area contributed by atoms with Crippen molar-refractivity contribution in [1.82, 2.24) is 15.3 Å². The normalized spacial score (nSPS) is 17.7. The number of rotatable bonds is 5. The number of piperazine rings is 1. The molecule has 1 saturated carbocycles. The Kier molecular flexibility index (Phi) is 6.12. The number of para-hydroxylation sites is 1. The van der Waals surface area contributed by atoms with Gasteiger partial charge in [0.1, 0.15) is 11.6 Å². The zero-order valence-electron chi connectivity index (χ0n) is 19.9. The number of hydrogen-bond acceptors (Lipinski definition) is 6. The molecule has 2 aliphatic heterocycles. The van der Waals surface area contributed by atoms with E-state index in [2.05, 4.69) is 86.0 Å². The molecule has 0 unspecified atom stereocenters. The molecule has 1 saturated heterocycles.